The van der Waals surface area contributed by atoms with E-state index in [1.165, 1.54) is 0 Å². The van der Waals surface area contributed by atoms with Crippen molar-refractivity contribution in [2.45, 2.75) is 0 Å². The van der Waals surface area contributed by atoms with Crippen LogP contribution in [0, 0.1) is 72.8 Å². The maximum atomic E-state index is 3.18. The van der Waals surface area contributed by atoms with Gasteiger partial charge in [0.05, 0.1) is 32.3 Å². The Hall–Kier alpha value is -4.20. The van der Waals surface area contributed by atoms with Crippen LogP contribution in [0.15, 0.2) is 0 Å². The molecule has 7 aromatic rings. The summed E-state index contributed by atoms with van der Waals surface area (Å²) in [6.07, 6.45) is 0. The summed E-state index contributed by atoms with van der Waals surface area (Å²) < 4.78 is 0. The van der Waals surface area contributed by atoms with Gasteiger partial charge in [0, 0.05) is 32.3 Å². The van der Waals surface area contributed by atoms with E-state index in [9.17, 15) is 0 Å². The number of benzene rings is 1. The van der Waals surface area contributed by atoms with Crippen molar-refractivity contribution in [2.24, 2.45) is 0 Å². The fourth-order valence-electron chi connectivity index (χ4n) is 3.94. The van der Waals surface area contributed by atoms with Crippen LogP contribution in [0.2, 0.25) is 0 Å². The lowest BCUT2D eigenvalue weighted by atomic mass is 9.87. The summed E-state index contributed by atoms with van der Waals surface area (Å²) in [5.74, 6) is 0. The van der Waals surface area contributed by atoms with Gasteiger partial charge in [-0.1, -0.05) is 72.8 Å². The molecule has 0 amide bonds. The van der Waals surface area contributed by atoms with Crippen molar-refractivity contribution in [2.75, 3.05) is 0 Å². The molecule has 0 aromatic heterocycles. The lowest BCUT2D eigenvalue weighted by Gasteiger charge is -2.12. The van der Waals surface area contributed by atoms with Crippen LogP contribution in [0.25, 0.3) is 64.6 Å². The molecule has 0 aliphatic rings. The largest absolute Gasteiger partial charge is 0.0838 e. The molecule has 0 aliphatic carbocycles. The molecule has 0 atom stereocenters. The van der Waals surface area contributed by atoms with E-state index in [1.54, 1.807) is 0 Å². The zero-order chi connectivity index (χ0) is 15.4. The lowest BCUT2D eigenvalue weighted by Crippen LogP contribution is -1.88. The van der Waals surface area contributed by atoms with E-state index in [0.717, 1.165) is 64.6 Å². The molecular formula is C24. The van der Waals surface area contributed by atoms with Crippen LogP contribution in [0.4, 0.5) is 0 Å². The van der Waals surface area contributed by atoms with E-state index in [2.05, 4.69) is 72.8 Å². The second-order valence-electron chi connectivity index (χ2n) is 6.00. The minimum absolute atomic E-state index is 0.872. The smallest absolute Gasteiger partial charge is 0.0510 e. The Kier molecular flexibility index (Phi) is 1.36. The summed E-state index contributed by atoms with van der Waals surface area (Å²) in [4.78, 5) is 0. The predicted octanol–water partition coefficient (Wildman–Crippen LogP) is 4.52. The SMILES string of the molecule is c1c2c#cc3c#cc4c#cc5c#cc6c#cc(c#1)c1c2c3c4c5c61. The first-order chi connectivity index (χ1) is 11.9. The first kappa shape index (κ1) is 10.5. The Bertz CT molecular complexity index is 1140. The highest BCUT2D eigenvalue weighted by atomic mass is 14.2. The van der Waals surface area contributed by atoms with Crippen molar-refractivity contribution < 1.29 is 0 Å². The highest BCUT2D eigenvalue weighted by Crippen LogP contribution is 2.43. The van der Waals surface area contributed by atoms with Gasteiger partial charge in [0.25, 0.3) is 0 Å². The topological polar surface area (TPSA) is 0 Å². The van der Waals surface area contributed by atoms with Crippen molar-refractivity contribution in [3.05, 3.63) is 72.8 Å². The van der Waals surface area contributed by atoms with Gasteiger partial charge in [0.2, 0.25) is 0 Å². The van der Waals surface area contributed by atoms with Gasteiger partial charge in [-0.15, -0.1) is 0 Å². The van der Waals surface area contributed by atoms with Crippen molar-refractivity contribution in [3.63, 3.8) is 0 Å². The quantitative estimate of drug-likeness (QED) is 0.385. The molecule has 0 radical (unpaired) electrons. The van der Waals surface area contributed by atoms with Gasteiger partial charge in [-0.25, -0.2) is 0 Å². The summed E-state index contributed by atoms with van der Waals surface area (Å²) >= 11 is 0. The van der Waals surface area contributed by atoms with E-state index in [-0.39, 0.29) is 0 Å². The third-order valence-electron chi connectivity index (χ3n) is 4.88. The monoisotopic (exact) mass is 288 g/mol. The zero-order valence-electron chi connectivity index (χ0n) is 12.0. The number of hydrogen-bond donors (Lipinski definition) is 0. The third kappa shape index (κ3) is 0.922. The second-order valence-corrected chi connectivity index (χ2v) is 6.00. The highest BCUT2D eigenvalue weighted by Gasteiger charge is 2.19. The van der Waals surface area contributed by atoms with Crippen molar-refractivity contribution in [1.29, 1.82) is 0 Å². The lowest BCUT2D eigenvalue weighted by molar-refractivity contribution is 1.87. The Morgan fingerprint density at radius 2 is 0.333 bits per heavy atom. The van der Waals surface area contributed by atoms with Crippen molar-refractivity contribution in [3.8, 4) is 0 Å². The van der Waals surface area contributed by atoms with Crippen molar-refractivity contribution >= 4 is 64.6 Å². The van der Waals surface area contributed by atoms with Gasteiger partial charge in [-0.2, -0.15) is 0 Å². The van der Waals surface area contributed by atoms with E-state index in [4.69, 9.17) is 0 Å². The first-order valence-corrected chi connectivity index (χ1v) is 7.50. The van der Waals surface area contributed by atoms with Gasteiger partial charge in [0.1, 0.15) is 0 Å². The molecule has 0 nitrogen and oxygen atoms in total. The summed E-state index contributed by atoms with van der Waals surface area (Å²) in [5.41, 5.74) is 0. The molecule has 0 heterocycles. The van der Waals surface area contributed by atoms with E-state index >= 15 is 0 Å². The molecule has 96 valence electrons. The maximum Gasteiger partial charge on any atom is 0.0838 e. The predicted molar refractivity (Wildman–Crippen MR) is 91.1 cm³/mol. The van der Waals surface area contributed by atoms with Crippen LogP contribution in [0.3, 0.4) is 0 Å². The highest BCUT2D eigenvalue weighted by molar-refractivity contribution is 6.42. The van der Waals surface area contributed by atoms with Crippen molar-refractivity contribution in [1.82, 2.24) is 0 Å². The molecule has 0 N–H and O–H groups in total. The summed E-state index contributed by atoms with van der Waals surface area (Å²) in [7, 11) is 0. The Morgan fingerprint density at radius 3 is 0.458 bits per heavy atom. The Balaban J connectivity index is 2.11. The molecule has 0 heteroatoms. The fraction of sp³-hybridized carbons (Fsp3) is 0. The summed E-state index contributed by atoms with van der Waals surface area (Å²) in [6, 6.07) is 38.2. The van der Waals surface area contributed by atoms with Crippen LogP contribution in [0.5, 0.6) is 0 Å². The van der Waals surface area contributed by atoms with Crippen LogP contribution in [0.1, 0.15) is 0 Å². The van der Waals surface area contributed by atoms with Gasteiger partial charge >= 0.3 is 0 Å². The molecule has 0 aliphatic heterocycles. The van der Waals surface area contributed by atoms with Gasteiger partial charge in [-0.3, -0.25) is 0 Å². The van der Waals surface area contributed by atoms with E-state index in [1.807, 2.05) is 0 Å². The zero-order valence-corrected chi connectivity index (χ0v) is 12.0. The normalized spacial score (nSPS) is 11.0. The molecule has 7 aromatic carbocycles. The maximum absolute atomic E-state index is 3.18. The number of rotatable bonds is 0. The molecule has 0 unspecified atom stereocenters. The molecule has 0 spiro atoms. The van der Waals surface area contributed by atoms with E-state index in [0.29, 0.717) is 0 Å². The summed E-state index contributed by atoms with van der Waals surface area (Å²) in [6.45, 7) is 0. The molecule has 0 fully saturated rings. The van der Waals surface area contributed by atoms with Crippen LogP contribution in [-0.2, 0) is 0 Å². The van der Waals surface area contributed by atoms with Gasteiger partial charge in [0.15, 0.2) is 0 Å². The Labute approximate surface area is 137 Å². The molecule has 24 heavy (non-hydrogen) atoms. The van der Waals surface area contributed by atoms with Gasteiger partial charge in [-0.05, 0) is 0 Å². The Morgan fingerprint density at radius 1 is 0.208 bits per heavy atom. The average Bonchev–Trinajstić information content (AvgIpc) is 2.65. The fourth-order valence-corrected chi connectivity index (χ4v) is 3.94. The first-order valence-electron chi connectivity index (χ1n) is 7.50. The minimum Gasteiger partial charge on any atom is -0.0510 e. The third-order valence-corrected chi connectivity index (χ3v) is 4.88. The van der Waals surface area contributed by atoms with Gasteiger partial charge < -0.3 is 0 Å². The van der Waals surface area contributed by atoms with Crippen LogP contribution >= 0.6 is 0 Å². The average molecular weight is 288 g/mol. The molecule has 0 saturated heterocycles. The standard InChI is InChI=1S/C24/c1-2-14-5-6-16-9-11-18-12-10-17-8-7-15-4-3-13(1)19-20(14)22(16)24(18)23(17)21(15)19. The summed E-state index contributed by atoms with van der Waals surface area (Å²) in [5, 5.41) is 11.8. The number of hydrogen-bond acceptors (Lipinski definition) is 0. The molecule has 7 rings (SSSR count). The molecular weight excluding hydrogens is 288 g/mol. The molecule has 0 saturated carbocycles. The molecule has 0 bridgehead atoms. The van der Waals surface area contributed by atoms with Crippen LogP contribution < -0.4 is 0 Å². The second kappa shape index (κ2) is 3.10. The minimum atomic E-state index is 0.872. The van der Waals surface area contributed by atoms with Crippen LogP contribution in [-0.4, -0.2) is 0 Å². The van der Waals surface area contributed by atoms with E-state index < -0.39 is 0 Å².